The highest BCUT2D eigenvalue weighted by Crippen LogP contribution is 2.28. The molecule has 0 amide bonds. The summed E-state index contributed by atoms with van der Waals surface area (Å²) in [5, 5.41) is 0. The third-order valence-corrected chi connectivity index (χ3v) is 3.99. The Morgan fingerprint density at radius 1 is 1.10 bits per heavy atom. The van der Waals surface area contributed by atoms with Crippen molar-refractivity contribution in [1.29, 1.82) is 0 Å². The minimum absolute atomic E-state index is 0.157. The Hall–Kier alpha value is -2.03. The smallest absolute Gasteiger partial charge is 0.146 e. The number of nitrogen functional groups attached to an aromatic ring is 1. The van der Waals surface area contributed by atoms with Crippen LogP contribution in [0, 0.1) is 5.82 Å². The average Bonchev–Trinajstić information content (AvgIpc) is 2.49. The average molecular weight is 287 g/mol. The first kappa shape index (κ1) is 15.4. The molecule has 0 atom stereocenters. The van der Waals surface area contributed by atoms with Crippen LogP contribution in [-0.4, -0.2) is 0 Å². The Bertz CT molecular complexity index is 605. The molecule has 0 aliphatic heterocycles. The van der Waals surface area contributed by atoms with Crippen molar-refractivity contribution in [2.45, 2.75) is 39.2 Å². The van der Waals surface area contributed by atoms with E-state index in [0.29, 0.717) is 6.61 Å². The van der Waals surface area contributed by atoms with Crippen molar-refractivity contribution in [2.24, 2.45) is 0 Å². The largest absolute Gasteiger partial charge is 0.489 e. The van der Waals surface area contributed by atoms with Gasteiger partial charge in [0.1, 0.15) is 18.2 Å². The van der Waals surface area contributed by atoms with Crippen molar-refractivity contribution in [1.82, 2.24) is 0 Å². The Morgan fingerprint density at radius 3 is 2.33 bits per heavy atom. The number of rotatable bonds is 5. The number of hydrogen-bond acceptors (Lipinski definition) is 2. The molecule has 0 heterocycles. The molecule has 2 aromatic carbocycles. The number of halogens is 1. The topological polar surface area (TPSA) is 35.2 Å². The van der Waals surface area contributed by atoms with Gasteiger partial charge < -0.3 is 10.5 Å². The van der Waals surface area contributed by atoms with E-state index in [1.54, 1.807) is 12.1 Å². The van der Waals surface area contributed by atoms with Gasteiger partial charge in [-0.3, -0.25) is 0 Å². The SMILES string of the molecule is CCC(C)(C)c1ccc(OCc2ccc(N)c(F)c2)cc1. The number of benzene rings is 2. The third-order valence-electron chi connectivity index (χ3n) is 3.99. The summed E-state index contributed by atoms with van der Waals surface area (Å²) in [7, 11) is 0. The Labute approximate surface area is 125 Å². The van der Waals surface area contributed by atoms with Gasteiger partial charge in [-0.2, -0.15) is 0 Å². The lowest BCUT2D eigenvalue weighted by Crippen LogP contribution is -2.15. The van der Waals surface area contributed by atoms with Crippen LogP contribution in [0.5, 0.6) is 5.75 Å². The first-order valence-electron chi connectivity index (χ1n) is 7.19. The standard InChI is InChI=1S/C18H22FNO/c1-4-18(2,3)14-6-8-15(9-7-14)21-12-13-5-10-17(20)16(19)11-13/h5-11H,4,12,20H2,1-3H3. The van der Waals surface area contributed by atoms with Crippen LogP contribution < -0.4 is 10.5 Å². The molecule has 0 spiro atoms. The normalized spacial score (nSPS) is 11.4. The molecule has 0 saturated carbocycles. The van der Waals surface area contributed by atoms with E-state index in [4.69, 9.17) is 10.5 Å². The van der Waals surface area contributed by atoms with Crippen molar-refractivity contribution < 1.29 is 9.13 Å². The molecule has 112 valence electrons. The minimum Gasteiger partial charge on any atom is -0.489 e. The molecule has 0 radical (unpaired) electrons. The molecule has 0 aliphatic rings. The van der Waals surface area contributed by atoms with E-state index in [9.17, 15) is 4.39 Å². The summed E-state index contributed by atoms with van der Waals surface area (Å²) in [6, 6.07) is 12.8. The van der Waals surface area contributed by atoms with E-state index in [0.717, 1.165) is 17.7 Å². The fourth-order valence-corrected chi connectivity index (χ4v) is 2.03. The summed E-state index contributed by atoms with van der Waals surface area (Å²) in [6.45, 7) is 6.95. The van der Waals surface area contributed by atoms with E-state index in [-0.39, 0.29) is 11.1 Å². The van der Waals surface area contributed by atoms with Crippen molar-refractivity contribution >= 4 is 5.69 Å². The van der Waals surface area contributed by atoms with Crippen LogP contribution in [0.25, 0.3) is 0 Å². The van der Waals surface area contributed by atoms with Gasteiger partial charge in [0, 0.05) is 0 Å². The Morgan fingerprint density at radius 2 is 1.76 bits per heavy atom. The molecule has 2 rings (SSSR count). The lowest BCUT2D eigenvalue weighted by molar-refractivity contribution is 0.305. The first-order chi connectivity index (χ1) is 9.92. The van der Waals surface area contributed by atoms with E-state index in [1.807, 2.05) is 12.1 Å². The van der Waals surface area contributed by atoms with Crippen molar-refractivity contribution in [3.63, 3.8) is 0 Å². The minimum atomic E-state index is -0.406. The molecule has 0 unspecified atom stereocenters. The predicted octanol–water partition coefficient (Wildman–Crippen LogP) is 4.67. The molecule has 3 heteroatoms. The number of anilines is 1. The second-order valence-corrected chi connectivity index (χ2v) is 5.91. The van der Waals surface area contributed by atoms with Gasteiger partial charge in [-0.05, 0) is 47.2 Å². The summed E-state index contributed by atoms with van der Waals surface area (Å²) in [4.78, 5) is 0. The summed E-state index contributed by atoms with van der Waals surface area (Å²) in [5.74, 6) is 0.374. The highest BCUT2D eigenvalue weighted by atomic mass is 19.1. The van der Waals surface area contributed by atoms with Gasteiger partial charge in [0.2, 0.25) is 0 Å². The maximum absolute atomic E-state index is 13.3. The summed E-state index contributed by atoms with van der Waals surface area (Å²) < 4.78 is 19.0. The lowest BCUT2D eigenvalue weighted by atomic mass is 9.82. The molecule has 2 N–H and O–H groups in total. The predicted molar refractivity (Wildman–Crippen MR) is 84.9 cm³/mol. The van der Waals surface area contributed by atoms with Crippen molar-refractivity contribution in [3.05, 3.63) is 59.4 Å². The molecule has 0 bridgehead atoms. The maximum atomic E-state index is 13.3. The van der Waals surface area contributed by atoms with Crippen LogP contribution in [0.1, 0.15) is 38.3 Å². The van der Waals surface area contributed by atoms with Crippen LogP contribution >= 0.6 is 0 Å². The van der Waals surface area contributed by atoms with Crippen LogP contribution in [0.15, 0.2) is 42.5 Å². The summed E-state index contributed by atoms with van der Waals surface area (Å²) >= 11 is 0. The summed E-state index contributed by atoms with van der Waals surface area (Å²) in [6.07, 6.45) is 1.08. The van der Waals surface area contributed by atoms with Crippen molar-refractivity contribution in [3.8, 4) is 5.75 Å². The fourth-order valence-electron chi connectivity index (χ4n) is 2.03. The van der Waals surface area contributed by atoms with Crippen LogP contribution in [0.4, 0.5) is 10.1 Å². The van der Waals surface area contributed by atoms with E-state index in [1.165, 1.54) is 11.6 Å². The molecular weight excluding hydrogens is 265 g/mol. The molecule has 0 fully saturated rings. The number of nitrogens with two attached hydrogens (primary N) is 1. The van der Waals surface area contributed by atoms with Crippen LogP contribution in [-0.2, 0) is 12.0 Å². The molecule has 0 saturated heterocycles. The van der Waals surface area contributed by atoms with Gasteiger partial charge in [-0.15, -0.1) is 0 Å². The molecule has 2 aromatic rings. The van der Waals surface area contributed by atoms with Gasteiger partial charge in [0.05, 0.1) is 5.69 Å². The third kappa shape index (κ3) is 3.75. The molecular formula is C18H22FNO. The zero-order chi connectivity index (χ0) is 15.5. The highest BCUT2D eigenvalue weighted by Gasteiger charge is 2.17. The van der Waals surface area contributed by atoms with Crippen LogP contribution in [0.3, 0.4) is 0 Å². The monoisotopic (exact) mass is 287 g/mol. The molecule has 0 aromatic heterocycles. The number of ether oxygens (including phenoxy) is 1. The van der Waals surface area contributed by atoms with Crippen molar-refractivity contribution in [2.75, 3.05) is 5.73 Å². The zero-order valence-corrected chi connectivity index (χ0v) is 12.8. The van der Waals surface area contributed by atoms with Gasteiger partial charge >= 0.3 is 0 Å². The van der Waals surface area contributed by atoms with Crippen LogP contribution in [0.2, 0.25) is 0 Å². The van der Waals surface area contributed by atoms with Gasteiger partial charge in [0.25, 0.3) is 0 Å². The molecule has 21 heavy (non-hydrogen) atoms. The Balaban J connectivity index is 2.02. The maximum Gasteiger partial charge on any atom is 0.146 e. The lowest BCUT2D eigenvalue weighted by Gasteiger charge is -2.23. The second kappa shape index (κ2) is 6.17. The Kier molecular flexibility index (Phi) is 4.51. The first-order valence-corrected chi connectivity index (χ1v) is 7.19. The molecule has 2 nitrogen and oxygen atoms in total. The van der Waals surface area contributed by atoms with E-state index < -0.39 is 5.82 Å². The van der Waals surface area contributed by atoms with Gasteiger partial charge in [0.15, 0.2) is 0 Å². The second-order valence-electron chi connectivity index (χ2n) is 5.91. The molecule has 0 aliphatic carbocycles. The fraction of sp³-hybridized carbons (Fsp3) is 0.333. The quantitative estimate of drug-likeness (QED) is 0.811. The van der Waals surface area contributed by atoms with Gasteiger partial charge in [-0.1, -0.05) is 39.0 Å². The summed E-state index contributed by atoms with van der Waals surface area (Å²) in [5.41, 5.74) is 7.82. The highest BCUT2D eigenvalue weighted by molar-refractivity contribution is 5.41. The van der Waals surface area contributed by atoms with E-state index in [2.05, 4.69) is 32.9 Å². The number of hydrogen-bond donors (Lipinski definition) is 1. The van der Waals surface area contributed by atoms with Gasteiger partial charge in [-0.25, -0.2) is 4.39 Å². The van der Waals surface area contributed by atoms with E-state index >= 15 is 0 Å². The zero-order valence-electron chi connectivity index (χ0n) is 12.8.